The number of allylic oxidation sites excluding steroid dienone is 1. The Hall–Kier alpha value is -0.790. The maximum Gasteiger partial charge on any atom is 0.0639 e. The van der Waals surface area contributed by atoms with Gasteiger partial charge in [-0.25, -0.2) is 0 Å². The molecule has 0 bridgehead atoms. The number of hydrogen-bond acceptors (Lipinski definition) is 2. The second-order valence-electron chi connectivity index (χ2n) is 1.13. The van der Waals surface area contributed by atoms with Gasteiger partial charge in [0.2, 0.25) is 0 Å². The van der Waals surface area contributed by atoms with Crippen LogP contribution in [0.4, 0.5) is 0 Å². The minimum atomic E-state index is -1.12. The molecule has 0 aliphatic rings. The predicted molar refractivity (Wildman–Crippen MR) is 24.4 cm³/mol. The quantitative estimate of drug-likeness (QED) is 0.446. The first-order valence-corrected chi connectivity index (χ1v) is 2.15. The third kappa shape index (κ3) is 5.21. The van der Waals surface area contributed by atoms with E-state index in [1.807, 2.05) is 6.92 Å². The highest BCUT2D eigenvalue weighted by Crippen LogP contribution is 1.75. The number of carboxylic acids is 1. The summed E-state index contributed by atoms with van der Waals surface area (Å²) in [6.45, 7) is 1.86. The first kappa shape index (κ1) is 6.21. The van der Waals surface area contributed by atoms with Crippen LogP contribution in [0.25, 0.3) is 0 Å². The van der Waals surface area contributed by atoms with Crippen molar-refractivity contribution in [2.75, 3.05) is 0 Å². The number of carbonyl (C=O) groups is 1. The molecule has 0 unspecified atom stereocenters. The molecule has 0 N–H and O–H groups in total. The van der Waals surface area contributed by atoms with Gasteiger partial charge in [0.1, 0.15) is 0 Å². The molecule has 0 rings (SSSR count). The van der Waals surface area contributed by atoms with Crippen molar-refractivity contribution < 1.29 is 9.90 Å². The van der Waals surface area contributed by atoms with Crippen molar-refractivity contribution in [1.29, 1.82) is 0 Å². The van der Waals surface area contributed by atoms with Gasteiger partial charge in [-0.3, -0.25) is 0 Å². The molecule has 2 heteroatoms. The third-order valence-electron chi connectivity index (χ3n) is 0.490. The fourth-order valence-electron chi connectivity index (χ4n) is 0.214. The summed E-state index contributed by atoms with van der Waals surface area (Å²) in [5, 5.41) is 9.56. The number of aliphatic carboxylic acids is 1. The van der Waals surface area contributed by atoms with E-state index in [0.717, 1.165) is 12.5 Å². The highest BCUT2D eigenvalue weighted by molar-refractivity contribution is 5.77. The minimum Gasteiger partial charge on any atom is -0.545 e. The van der Waals surface area contributed by atoms with Crippen LogP contribution in [0, 0.1) is 0 Å². The van der Waals surface area contributed by atoms with Gasteiger partial charge in [-0.15, -0.1) is 0 Å². The zero-order valence-electron chi connectivity index (χ0n) is 4.18. The monoisotopic (exact) mass is 99.0 g/mol. The standard InChI is InChI=1S/C5H8O2/c1-2-3-4-5(6)7/h3-4H,2H2,1H3,(H,6,7)/p-1. The van der Waals surface area contributed by atoms with Gasteiger partial charge in [0, 0.05) is 0 Å². The molecule has 0 amide bonds. The SMILES string of the molecule is CCC=CC(=O)[O-]. The van der Waals surface area contributed by atoms with Gasteiger partial charge >= 0.3 is 0 Å². The Kier molecular flexibility index (Phi) is 3.02. The number of rotatable bonds is 2. The Morgan fingerprint density at radius 1 is 1.86 bits per heavy atom. The van der Waals surface area contributed by atoms with Crippen LogP contribution in [0.15, 0.2) is 12.2 Å². The highest BCUT2D eigenvalue weighted by atomic mass is 16.4. The summed E-state index contributed by atoms with van der Waals surface area (Å²) < 4.78 is 0. The van der Waals surface area contributed by atoms with E-state index in [0.29, 0.717) is 0 Å². The number of carbonyl (C=O) groups excluding carboxylic acids is 1. The summed E-state index contributed by atoms with van der Waals surface area (Å²) in [7, 11) is 0. The van der Waals surface area contributed by atoms with Crippen molar-refractivity contribution in [1.82, 2.24) is 0 Å². The summed E-state index contributed by atoms with van der Waals surface area (Å²) in [6, 6.07) is 0. The molecule has 0 spiro atoms. The summed E-state index contributed by atoms with van der Waals surface area (Å²) in [5.41, 5.74) is 0. The largest absolute Gasteiger partial charge is 0.545 e. The molecule has 0 atom stereocenters. The molecule has 0 aromatic rings. The van der Waals surface area contributed by atoms with Crippen molar-refractivity contribution in [2.45, 2.75) is 13.3 Å². The van der Waals surface area contributed by atoms with Crippen LogP contribution in [0.1, 0.15) is 13.3 Å². The van der Waals surface area contributed by atoms with Crippen molar-refractivity contribution in [3.8, 4) is 0 Å². The predicted octanol–water partition coefficient (Wildman–Crippen LogP) is -0.298. The van der Waals surface area contributed by atoms with E-state index in [1.165, 1.54) is 6.08 Å². The summed E-state index contributed by atoms with van der Waals surface area (Å²) in [5.74, 6) is -1.12. The zero-order chi connectivity index (χ0) is 5.70. The van der Waals surface area contributed by atoms with Crippen molar-refractivity contribution in [2.24, 2.45) is 0 Å². The molecule has 40 valence electrons. The van der Waals surface area contributed by atoms with Crippen LogP contribution >= 0.6 is 0 Å². The molecule has 0 radical (unpaired) electrons. The first-order chi connectivity index (χ1) is 3.27. The van der Waals surface area contributed by atoms with Crippen LogP contribution in [-0.4, -0.2) is 5.97 Å². The molecule has 0 heterocycles. The van der Waals surface area contributed by atoms with E-state index in [9.17, 15) is 9.90 Å². The lowest BCUT2D eigenvalue weighted by molar-refractivity contribution is -0.297. The lowest BCUT2D eigenvalue weighted by atomic mass is 10.4. The fraction of sp³-hybridized carbons (Fsp3) is 0.400. The second kappa shape index (κ2) is 3.40. The molecular weight excluding hydrogens is 92.1 g/mol. The van der Waals surface area contributed by atoms with Gasteiger partial charge in [-0.1, -0.05) is 13.0 Å². The molecule has 0 aromatic carbocycles. The first-order valence-electron chi connectivity index (χ1n) is 2.15. The van der Waals surface area contributed by atoms with Crippen LogP contribution in [0.3, 0.4) is 0 Å². The maximum absolute atomic E-state index is 9.56. The molecule has 0 aliphatic heterocycles. The van der Waals surface area contributed by atoms with E-state index in [1.54, 1.807) is 0 Å². The van der Waals surface area contributed by atoms with Crippen molar-refractivity contribution >= 4 is 5.97 Å². The number of carboxylic acid groups (broad SMARTS) is 1. The second-order valence-corrected chi connectivity index (χ2v) is 1.13. The average molecular weight is 99.1 g/mol. The van der Waals surface area contributed by atoms with Crippen LogP contribution in [-0.2, 0) is 4.79 Å². The van der Waals surface area contributed by atoms with Crippen molar-refractivity contribution in [3.05, 3.63) is 12.2 Å². The van der Waals surface area contributed by atoms with Gasteiger partial charge in [0.05, 0.1) is 5.97 Å². The summed E-state index contributed by atoms with van der Waals surface area (Å²) in [6.07, 6.45) is 3.31. The lowest BCUT2D eigenvalue weighted by Gasteiger charge is -1.85. The van der Waals surface area contributed by atoms with Crippen molar-refractivity contribution in [3.63, 3.8) is 0 Å². The summed E-state index contributed by atoms with van der Waals surface area (Å²) >= 11 is 0. The molecule has 0 fully saturated rings. The van der Waals surface area contributed by atoms with Gasteiger partial charge in [-0.2, -0.15) is 0 Å². The molecule has 2 nitrogen and oxygen atoms in total. The molecule has 0 saturated heterocycles. The third-order valence-corrected chi connectivity index (χ3v) is 0.490. The Morgan fingerprint density at radius 2 is 2.43 bits per heavy atom. The van der Waals surface area contributed by atoms with Gasteiger partial charge in [0.25, 0.3) is 0 Å². The van der Waals surface area contributed by atoms with Crippen LogP contribution in [0.2, 0.25) is 0 Å². The minimum absolute atomic E-state index is 0.744. The lowest BCUT2D eigenvalue weighted by Crippen LogP contribution is -2.18. The topological polar surface area (TPSA) is 40.1 Å². The van der Waals surface area contributed by atoms with E-state index in [-0.39, 0.29) is 0 Å². The smallest absolute Gasteiger partial charge is 0.0639 e. The van der Waals surface area contributed by atoms with Gasteiger partial charge in [0.15, 0.2) is 0 Å². The molecule has 7 heavy (non-hydrogen) atoms. The average Bonchev–Trinajstić information content (AvgIpc) is 1.61. The van der Waals surface area contributed by atoms with E-state index in [4.69, 9.17) is 0 Å². The molecular formula is C5H7O2-. The Bertz CT molecular complexity index is 84.1. The van der Waals surface area contributed by atoms with Gasteiger partial charge in [-0.05, 0) is 12.5 Å². The van der Waals surface area contributed by atoms with E-state index < -0.39 is 5.97 Å². The van der Waals surface area contributed by atoms with Gasteiger partial charge < -0.3 is 9.90 Å². The Labute approximate surface area is 42.5 Å². The molecule has 0 saturated carbocycles. The molecule has 0 aromatic heterocycles. The van der Waals surface area contributed by atoms with Crippen LogP contribution in [0.5, 0.6) is 0 Å². The zero-order valence-corrected chi connectivity index (χ0v) is 4.18. The molecule has 0 aliphatic carbocycles. The van der Waals surface area contributed by atoms with E-state index in [2.05, 4.69) is 0 Å². The fourth-order valence-corrected chi connectivity index (χ4v) is 0.214. The number of hydrogen-bond donors (Lipinski definition) is 0. The maximum atomic E-state index is 9.56. The van der Waals surface area contributed by atoms with E-state index >= 15 is 0 Å². The Balaban J connectivity index is 3.26. The highest BCUT2D eigenvalue weighted by Gasteiger charge is 1.66. The summed E-state index contributed by atoms with van der Waals surface area (Å²) in [4.78, 5) is 9.56. The van der Waals surface area contributed by atoms with Crippen LogP contribution < -0.4 is 5.11 Å². The Morgan fingerprint density at radius 3 is 2.57 bits per heavy atom. The normalized spacial score (nSPS) is 9.86.